The summed E-state index contributed by atoms with van der Waals surface area (Å²) < 4.78 is 6.59. The quantitative estimate of drug-likeness (QED) is 0.702. The number of nitrogens with zero attached hydrogens (tertiary/aromatic N) is 3. The molecule has 26 heavy (non-hydrogen) atoms. The molecule has 1 N–H and O–H groups in total. The number of thiophene rings is 1. The summed E-state index contributed by atoms with van der Waals surface area (Å²) in [6, 6.07) is 10.6. The van der Waals surface area contributed by atoms with Crippen molar-refractivity contribution in [1.29, 1.82) is 0 Å². The van der Waals surface area contributed by atoms with Gasteiger partial charge in [0.25, 0.3) is 0 Å². The van der Waals surface area contributed by atoms with E-state index in [-0.39, 0.29) is 12.1 Å². The lowest BCUT2D eigenvalue weighted by molar-refractivity contribution is 0.0351. The van der Waals surface area contributed by atoms with Crippen molar-refractivity contribution in [1.82, 2.24) is 20.1 Å². The van der Waals surface area contributed by atoms with Gasteiger partial charge in [-0.25, -0.2) is 0 Å². The van der Waals surface area contributed by atoms with Gasteiger partial charge in [0.15, 0.2) is 5.11 Å². The molecule has 2 atom stereocenters. The lowest BCUT2D eigenvalue weighted by Crippen LogP contribution is -2.42. The van der Waals surface area contributed by atoms with Crippen LogP contribution in [0.3, 0.4) is 0 Å². The van der Waals surface area contributed by atoms with Gasteiger partial charge < -0.3 is 15.0 Å². The molecule has 0 amide bonds. The van der Waals surface area contributed by atoms with Gasteiger partial charge in [-0.1, -0.05) is 6.07 Å². The van der Waals surface area contributed by atoms with Crippen LogP contribution < -0.4 is 5.32 Å². The number of halogens is 1. The van der Waals surface area contributed by atoms with E-state index in [9.17, 15) is 0 Å². The van der Waals surface area contributed by atoms with Crippen LogP contribution in [0.15, 0.2) is 40.3 Å². The summed E-state index contributed by atoms with van der Waals surface area (Å²) in [5.74, 6) is 0. The van der Waals surface area contributed by atoms with Crippen LogP contribution in [0.5, 0.6) is 0 Å². The lowest BCUT2D eigenvalue weighted by atomic mass is 10.0. The molecule has 2 unspecified atom stereocenters. The van der Waals surface area contributed by atoms with E-state index in [1.165, 1.54) is 4.88 Å². The molecule has 2 aliphatic heterocycles. The highest BCUT2D eigenvalue weighted by Gasteiger charge is 2.40. The third kappa shape index (κ3) is 3.94. The molecule has 5 nitrogen and oxygen atoms in total. The van der Waals surface area contributed by atoms with Gasteiger partial charge in [0.1, 0.15) is 0 Å². The van der Waals surface area contributed by atoms with Crippen LogP contribution in [0.1, 0.15) is 22.7 Å². The molecular weight excluding hydrogens is 432 g/mol. The van der Waals surface area contributed by atoms with E-state index in [2.05, 4.69) is 54.2 Å². The number of hydrogen-bond donors (Lipinski definition) is 1. The standard InChI is InChI=1S/C18H21BrN4OS2/c19-15-5-4-14(26-15)17-16(13-3-1-2-6-20-13)21-18(25)23(17)8-7-22-9-11-24-12-10-22/h1-6,16-17H,7-12H2,(H,21,25). The summed E-state index contributed by atoms with van der Waals surface area (Å²) >= 11 is 11.1. The van der Waals surface area contributed by atoms with Crippen molar-refractivity contribution in [3.63, 3.8) is 0 Å². The molecule has 2 aromatic heterocycles. The van der Waals surface area contributed by atoms with E-state index in [1.807, 2.05) is 18.3 Å². The van der Waals surface area contributed by atoms with E-state index in [1.54, 1.807) is 11.3 Å². The Kier molecular flexibility index (Phi) is 5.85. The van der Waals surface area contributed by atoms with Crippen molar-refractivity contribution < 1.29 is 4.74 Å². The molecule has 0 aromatic carbocycles. The Hall–Kier alpha value is -1.06. The monoisotopic (exact) mass is 452 g/mol. The molecule has 0 radical (unpaired) electrons. The van der Waals surface area contributed by atoms with Crippen LogP contribution in [-0.2, 0) is 4.74 Å². The maximum absolute atomic E-state index is 5.70. The highest BCUT2D eigenvalue weighted by molar-refractivity contribution is 9.11. The van der Waals surface area contributed by atoms with Crippen molar-refractivity contribution in [2.45, 2.75) is 12.1 Å². The first-order valence-electron chi connectivity index (χ1n) is 8.76. The maximum atomic E-state index is 5.70. The van der Waals surface area contributed by atoms with Crippen LogP contribution in [0.4, 0.5) is 0 Å². The molecule has 0 bridgehead atoms. The Morgan fingerprint density at radius 2 is 2.08 bits per heavy atom. The Balaban J connectivity index is 1.57. The molecule has 2 fully saturated rings. The molecule has 4 rings (SSSR count). The summed E-state index contributed by atoms with van der Waals surface area (Å²) in [7, 11) is 0. The first-order chi connectivity index (χ1) is 12.7. The largest absolute Gasteiger partial charge is 0.379 e. The molecule has 0 aliphatic carbocycles. The fraction of sp³-hybridized carbons (Fsp3) is 0.444. The smallest absolute Gasteiger partial charge is 0.170 e. The molecule has 4 heterocycles. The third-order valence-corrected chi connectivity index (χ3v) is 6.89. The summed E-state index contributed by atoms with van der Waals surface area (Å²) in [5, 5.41) is 4.32. The molecule has 0 spiro atoms. The predicted molar refractivity (Wildman–Crippen MR) is 111 cm³/mol. The minimum atomic E-state index is 0.0685. The number of thiocarbonyl (C=S) groups is 1. The van der Waals surface area contributed by atoms with Gasteiger partial charge in [0.05, 0.1) is 34.8 Å². The summed E-state index contributed by atoms with van der Waals surface area (Å²) in [6.07, 6.45) is 1.85. The van der Waals surface area contributed by atoms with Gasteiger partial charge >= 0.3 is 0 Å². The molecule has 2 saturated heterocycles. The van der Waals surface area contributed by atoms with E-state index in [0.717, 1.165) is 54.0 Å². The van der Waals surface area contributed by atoms with Crippen molar-refractivity contribution in [2.75, 3.05) is 39.4 Å². The molecular formula is C18H21BrN4OS2. The van der Waals surface area contributed by atoms with Gasteiger partial charge in [0, 0.05) is 37.3 Å². The van der Waals surface area contributed by atoms with E-state index < -0.39 is 0 Å². The second kappa shape index (κ2) is 8.31. The van der Waals surface area contributed by atoms with E-state index >= 15 is 0 Å². The Bertz CT molecular complexity index is 751. The zero-order chi connectivity index (χ0) is 17.9. The highest BCUT2D eigenvalue weighted by Crippen LogP contribution is 2.42. The fourth-order valence-electron chi connectivity index (χ4n) is 3.52. The number of pyridine rings is 1. The SMILES string of the molecule is S=C1NC(c2ccccn2)C(c2ccc(Br)s2)N1CCN1CCOCC1. The molecule has 2 aliphatic rings. The Labute approximate surface area is 171 Å². The van der Waals surface area contributed by atoms with Crippen molar-refractivity contribution in [2.24, 2.45) is 0 Å². The van der Waals surface area contributed by atoms with E-state index in [0.29, 0.717) is 0 Å². The van der Waals surface area contributed by atoms with Gasteiger partial charge in [0.2, 0.25) is 0 Å². The molecule has 138 valence electrons. The number of aromatic nitrogens is 1. The zero-order valence-corrected chi connectivity index (χ0v) is 17.5. The number of ether oxygens (including phenoxy) is 1. The van der Waals surface area contributed by atoms with Crippen LogP contribution in [0, 0.1) is 0 Å². The van der Waals surface area contributed by atoms with Crippen molar-refractivity contribution in [3.8, 4) is 0 Å². The molecule has 0 saturated carbocycles. The Morgan fingerprint density at radius 1 is 1.23 bits per heavy atom. The average Bonchev–Trinajstić information content (AvgIpc) is 3.24. The highest BCUT2D eigenvalue weighted by atomic mass is 79.9. The van der Waals surface area contributed by atoms with Crippen LogP contribution in [0.25, 0.3) is 0 Å². The summed E-state index contributed by atoms with van der Waals surface area (Å²) in [6.45, 7) is 5.51. The van der Waals surface area contributed by atoms with Gasteiger partial charge in [-0.15, -0.1) is 11.3 Å². The predicted octanol–water partition coefficient (Wildman–Crippen LogP) is 3.21. The second-order valence-electron chi connectivity index (χ2n) is 6.42. The number of morpholine rings is 1. The second-order valence-corrected chi connectivity index (χ2v) is 9.30. The number of nitrogens with one attached hydrogen (secondary N) is 1. The topological polar surface area (TPSA) is 40.6 Å². The molecule has 2 aromatic rings. The number of rotatable bonds is 5. The van der Waals surface area contributed by atoms with E-state index in [4.69, 9.17) is 17.0 Å². The van der Waals surface area contributed by atoms with Crippen molar-refractivity contribution in [3.05, 3.63) is 50.9 Å². The minimum absolute atomic E-state index is 0.0685. The zero-order valence-electron chi connectivity index (χ0n) is 14.3. The average molecular weight is 453 g/mol. The van der Waals surface area contributed by atoms with Crippen molar-refractivity contribution >= 4 is 44.6 Å². The maximum Gasteiger partial charge on any atom is 0.170 e. The van der Waals surface area contributed by atoms with Gasteiger partial charge in [-0.3, -0.25) is 9.88 Å². The summed E-state index contributed by atoms with van der Waals surface area (Å²) in [5.41, 5.74) is 1.03. The summed E-state index contributed by atoms with van der Waals surface area (Å²) in [4.78, 5) is 10.6. The molecule has 8 heteroatoms. The normalized spacial score (nSPS) is 24.0. The lowest BCUT2D eigenvalue weighted by Gasteiger charge is -2.31. The Morgan fingerprint density at radius 3 is 2.77 bits per heavy atom. The van der Waals surface area contributed by atoms with Gasteiger partial charge in [-0.05, 0) is 52.4 Å². The van der Waals surface area contributed by atoms with Gasteiger partial charge in [-0.2, -0.15) is 0 Å². The fourth-order valence-corrected chi connectivity index (χ4v) is 5.42. The van der Waals surface area contributed by atoms with Crippen LogP contribution in [-0.4, -0.2) is 59.3 Å². The number of hydrogen-bond acceptors (Lipinski definition) is 5. The van der Waals surface area contributed by atoms with Crippen LogP contribution in [0.2, 0.25) is 0 Å². The van der Waals surface area contributed by atoms with Crippen LogP contribution >= 0.6 is 39.5 Å². The first-order valence-corrected chi connectivity index (χ1v) is 10.8. The minimum Gasteiger partial charge on any atom is -0.379 e. The third-order valence-electron chi connectivity index (χ3n) is 4.84. The first kappa shape index (κ1) is 18.3.